The summed E-state index contributed by atoms with van der Waals surface area (Å²) >= 11 is 0. The topological polar surface area (TPSA) is 101 Å². The molecule has 7 nitrogen and oxygen atoms in total. The Bertz CT molecular complexity index is 895. The van der Waals surface area contributed by atoms with Crippen molar-refractivity contribution in [3.05, 3.63) is 59.9 Å². The van der Waals surface area contributed by atoms with Crippen molar-refractivity contribution in [2.75, 3.05) is 13.1 Å². The predicted molar refractivity (Wildman–Crippen MR) is 93.7 cm³/mol. The fourth-order valence-corrected chi connectivity index (χ4v) is 3.74. The fourth-order valence-electron chi connectivity index (χ4n) is 2.48. The van der Waals surface area contributed by atoms with Crippen LogP contribution in [0.2, 0.25) is 0 Å². The van der Waals surface area contributed by atoms with Crippen LogP contribution in [0.4, 0.5) is 0 Å². The lowest BCUT2D eigenvalue weighted by molar-refractivity contribution is -0.120. The summed E-state index contributed by atoms with van der Waals surface area (Å²) in [6, 6.07) is 12.3. The normalized spacial score (nSPS) is 16.2. The molecular formula is C17H18N4O3S. The number of nitrogens with one attached hydrogen (secondary N) is 2. The molecule has 130 valence electrons. The molecule has 1 aliphatic heterocycles. The van der Waals surface area contributed by atoms with Crippen molar-refractivity contribution >= 4 is 21.8 Å². The zero-order valence-corrected chi connectivity index (χ0v) is 14.3. The first-order chi connectivity index (χ1) is 12.1. The van der Waals surface area contributed by atoms with Gasteiger partial charge in [-0.25, -0.2) is 8.42 Å². The maximum Gasteiger partial charge on any atom is 0.263 e. The molecule has 0 saturated heterocycles. The van der Waals surface area contributed by atoms with Crippen LogP contribution in [0.5, 0.6) is 0 Å². The number of carbonyl (C=O) groups excluding carboxylic acids is 1. The van der Waals surface area contributed by atoms with E-state index in [1.165, 1.54) is 6.07 Å². The Morgan fingerprint density at radius 3 is 2.76 bits per heavy atom. The van der Waals surface area contributed by atoms with Crippen molar-refractivity contribution in [2.24, 2.45) is 4.99 Å². The monoisotopic (exact) mass is 358 g/mol. The van der Waals surface area contributed by atoms with Gasteiger partial charge in [0.25, 0.3) is 10.0 Å². The molecular weight excluding hydrogens is 340 g/mol. The van der Waals surface area contributed by atoms with Crippen molar-refractivity contribution in [3.63, 3.8) is 0 Å². The number of fused-ring (bicyclic) bond motifs is 1. The highest BCUT2D eigenvalue weighted by Gasteiger charge is 2.29. The molecule has 8 heteroatoms. The number of aromatic nitrogens is 1. The standard InChI is InChI=1S/C17H18N4O3S/c22-16(19-11-8-13-5-3-4-10-18-13)9-12-20-17-14-6-1-2-7-15(14)25(23,24)21-17/h1-7,10H,8-9,11-12H2,(H,19,22)(H,20,21). The van der Waals surface area contributed by atoms with Crippen molar-refractivity contribution in [2.45, 2.75) is 17.7 Å². The SMILES string of the molecule is O=C(CCN=C1NS(=O)(=O)c2ccccc21)NCCc1ccccn1. The molecule has 0 fully saturated rings. The summed E-state index contributed by atoms with van der Waals surface area (Å²) in [5.74, 6) is 0.159. The molecule has 2 N–H and O–H groups in total. The maximum absolute atomic E-state index is 12.0. The van der Waals surface area contributed by atoms with E-state index in [0.29, 0.717) is 18.5 Å². The molecule has 1 aliphatic rings. The molecule has 0 aliphatic carbocycles. The van der Waals surface area contributed by atoms with Crippen LogP contribution in [0.25, 0.3) is 0 Å². The molecule has 1 aromatic carbocycles. The molecule has 2 heterocycles. The van der Waals surface area contributed by atoms with Gasteiger partial charge in [0.2, 0.25) is 5.91 Å². The molecule has 3 rings (SSSR count). The van der Waals surface area contributed by atoms with Crippen LogP contribution in [-0.4, -0.2) is 38.2 Å². The van der Waals surface area contributed by atoms with Crippen molar-refractivity contribution < 1.29 is 13.2 Å². The molecule has 0 unspecified atom stereocenters. The Kier molecular flexibility index (Phi) is 5.08. The van der Waals surface area contributed by atoms with Crippen LogP contribution in [0.15, 0.2) is 58.5 Å². The minimum absolute atomic E-state index is 0.130. The van der Waals surface area contributed by atoms with Gasteiger partial charge in [-0.1, -0.05) is 18.2 Å². The van der Waals surface area contributed by atoms with Crippen molar-refractivity contribution in [3.8, 4) is 0 Å². The van der Waals surface area contributed by atoms with E-state index in [4.69, 9.17) is 0 Å². The van der Waals surface area contributed by atoms with Crippen LogP contribution >= 0.6 is 0 Å². The third kappa shape index (κ3) is 4.21. The maximum atomic E-state index is 12.0. The number of rotatable bonds is 6. The quantitative estimate of drug-likeness (QED) is 0.800. The van der Waals surface area contributed by atoms with Gasteiger partial charge in [-0.15, -0.1) is 0 Å². The number of nitrogens with zero attached hydrogens (tertiary/aromatic N) is 2. The Balaban J connectivity index is 1.49. The van der Waals surface area contributed by atoms with Crippen LogP contribution in [-0.2, 0) is 21.2 Å². The Labute approximate surface area is 146 Å². The van der Waals surface area contributed by atoms with Gasteiger partial charge in [-0.05, 0) is 24.3 Å². The average Bonchev–Trinajstić information content (AvgIpc) is 2.87. The Morgan fingerprint density at radius 2 is 1.96 bits per heavy atom. The molecule has 25 heavy (non-hydrogen) atoms. The van der Waals surface area contributed by atoms with Gasteiger partial charge in [0.05, 0.1) is 11.4 Å². The van der Waals surface area contributed by atoms with Crippen LogP contribution in [0, 0.1) is 0 Å². The third-order valence-corrected chi connectivity index (χ3v) is 5.10. The van der Waals surface area contributed by atoms with Gasteiger partial charge in [-0.2, -0.15) is 0 Å². The smallest absolute Gasteiger partial charge is 0.263 e. The first-order valence-corrected chi connectivity index (χ1v) is 9.38. The number of hydrogen-bond acceptors (Lipinski definition) is 5. The fraction of sp³-hybridized carbons (Fsp3) is 0.235. The van der Waals surface area contributed by atoms with Gasteiger partial charge < -0.3 is 5.32 Å². The molecule has 0 bridgehead atoms. The summed E-state index contributed by atoms with van der Waals surface area (Å²) in [7, 11) is -3.54. The van der Waals surface area contributed by atoms with E-state index in [0.717, 1.165) is 5.69 Å². The molecule has 1 aromatic heterocycles. The molecule has 0 saturated carbocycles. The van der Waals surface area contributed by atoms with E-state index in [1.807, 2.05) is 18.2 Å². The number of amidine groups is 1. The summed E-state index contributed by atoms with van der Waals surface area (Å²) in [6.45, 7) is 0.712. The molecule has 2 aromatic rings. The minimum Gasteiger partial charge on any atom is -0.356 e. The number of sulfonamides is 1. The van der Waals surface area contributed by atoms with E-state index >= 15 is 0 Å². The minimum atomic E-state index is -3.54. The van der Waals surface area contributed by atoms with E-state index in [-0.39, 0.29) is 29.6 Å². The number of carbonyl (C=O) groups is 1. The molecule has 0 spiro atoms. The predicted octanol–water partition coefficient (Wildman–Crippen LogP) is 0.869. The average molecular weight is 358 g/mol. The van der Waals surface area contributed by atoms with Gasteiger partial charge in [0, 0.05) is 36.8 Å². The lowest BCUT2D eigenvalue weighted by Crippen LogP contribution is -2.27. The molecule has 1 amide bonds. The van der Waals surface area contributed by atoms with E-state index in [9.17, 15) is 13.2 Å². The van der Waals surface area contributed by atoms with Crippen LogP contribution in [0.3, 0.4) is 0 Å². The zero-order valence-electron chi connectivity index (χ0n) is 13.5. The lowest BCUT2D eigenvalue weighted by Gasteiger charge is -2.04. The van der Waals surface area contributed by atoms with Gasteiger partial charge >= 0.3 is 0 Å². The second-order valence-electron chi connectivity index (χ2n) is 5.50. The van der Waals surface area contributed by atoms with Crippen molar-refractivity contribution in [1.82, 2.24) is 15.0 Å². The number of hydrogen-bond donors (Lipinski definition) is 2. The van der Waals surface area contributed by atoms with Crippen molar-refractivity contribution in [1.29, 1.82) is 0 Å². The highest BCUT2D eigenvalue weighted by Crippen LogP contribution is 2.22. The number of amides is 1. The summed E-state index contributed by atoms with van der Waals surface area (Å²) in [4.78, 5) is 20.5. The van der Waals surface area contributed by atoms with E-state index in [2.05, 4.69) is 20.0 Å². The van der Waals surface area contributed by atoms with Gasteiger partial charge in [-0.3, -0.25) is 19.5 Å². The largest absolute Gasteiger partial charge is 0.356 e. The molecule has 0 atom stereocenters. The molecule has 0 radical (unpaired) electrons. The number of pyridine rings is 1. The third-order valence-electron chi connectivity index (χ3n) is 3.70. The summed E-state index contributed by atoms with van der Waals surface area (Å²) in [5.41, 5.74) is 1.46. The Hall–Kier alpha value is -2.74. The highest BCUT2D eigenvalue weighted by molar-refractivity contribution is 7.90. The first kappa shape index (κ1) is 17.1. The first-order valence-electron chi connectivity index (χ1n) is 7.89. The van der Waals surface area contributed by atoms with Crippen LogP contribution in [0.1, 0.15) is 17.7 Å². The summed E-state index contributed by atoms with van der Waals surface area (Å²) in [5, 5.41) is 2.81. The van der Waals surface area contributed by atoms with Crippen LogP contribution < -0.4 is 10.0 Å². The second kappa shape index (κ2) is 7.43. The highest BCUT2D eigenvalue weighted by atomic mass is 32.2. The zero-order chi connectivity index (χ0) is 17.7. The summed E-state index contributed by atoms with van der Waals surface area (Å²) < 4.78 is 26.3. The van der Waals surface area contributed by atoms with Gasteiger partial charge in [0.1, 0.15) is 5.84 Å². The number of benzene rings is 1. The van der Waals surface area contributed by atoms with E-state index in [1.54, 1.807) is 24.4 Å². The lowest BCUT2D eigenvalue weighted by atomic mass is 10.2. The van der Waals surface area contributed by atoms with E-state index < -0.39 is 10.0 Å². The number of aliphatic imine (C=N–C) groups is 1. The second-order valence-corrected chi connectivity index (χ2v) is 7.15. The Morgan fingerprint density at radius 1 is 1.16 bits per heavy atom. The summed E-state index contributed by atoms with van der Waals surface area (Å²) in [6.07, 6.45) is 2.57. The van der Waals surface area contributed by atoms with Gasteiger partial charge in [0.15, 0.2) is 0 Å².